The van der Waals surface area contributed by atoms with Gasteiger partial charge in [-0.1, -0.05) is 0 Å². The van der Waals surface area contributed by atoms with Gasteiger partial charge < -0.3 is 15.7 Å². The van der Waals surface area contributed by atoms with Crippen molar-refractivity contribution in [3.63, 3.8) is 0 Å². The van der Waals surface area contributed by atoms with Crippen LogP contribution in [0.25, 0.3) is 0 Å². The van der Waals surface area contributed by atoms with Gasteiger partial charge in [0, 0.05) is 19.7 Å². The molecule has 0 aromatic carbocycles. The van der Waals surface area contributed by atoms with Gasteiger partial charge in [0.05, 0.1) is 11.5 Å². The summed E-state index contributed by atoms with van der Waals surface area (Å²) in [5, 5.41) is 19.2. The molecule has 0 fully saturated rings. The lowest BCUT2D eigenvalue weighted by atomic mass is 10.3. The SMILES string of the molecule is CN(CCO)c1ccc([N+](=O)[O-])c(N)n1. The van der Waals surface area contributed by atoms with Gasteiger partial charge in [-0.05, 0) is 6.07 Å². The van der Waals surface area contributed by atoms with E-state index in [-0.39, 0.29) is 18.1 Å². The Bertz CT molecular complexity index is 369. The van der Waals surface area contributed by atoms with Gasteiger partial charge in [0.25, 0.3) is 0 Å². The number of nitrogen functional groups attached to an aromatic ring is 1. The van der Waals surface area contributed by atoms with E-state index in [4.69, 9.17) is 10.8 Å². The van der Waals surface area contributed by atoms with E-state index in [1.54, 1.807) is 11.9 Å². The van der Waals surface area contributed by atoms with Gasteiger partial charge in [0.2, 0.25) is 5.82 Å². The Balaban J connectivity index is 2.96. The number of anilines is 2. The smallest absolute Gasteiger partial charge is 0.311 e. The van der Waals surface area contributed by atoms with Gasteiger partial charge in [-0.2, -0.15) is 0 Å². The summed E-state index contributed by atoms with van der Waals surface area (Å²) < 4.78 is 0. The van der Waals surface area contributed by atoms with E-state index >= 15 is 0 Å². The van der Waals surface area contributed by atoms with E-state index in [0.717, 1.165) is 0 Å². The third kappa shape index (κ3) is 2.53. The summed E-state index contributed by atoms with van der Waals surface area (Å²) in [6.45, 7) is 0.374. The lowest BCUT2D eigenvalue weighted by molar-refractivity contribution is -0.384. The van der Waals surface area contributed by atoms with Crippen LogP contribution in [0.4, 0.5) is 17.3 Å². The van der Waals surface area contributed by atoms with Crippen LogP contribution in [-0.2, 0) is 0 Å². The first kappa shape index (κ1) is 11.2. The zero-order chi connectivity index (χ0) is 11.4. The molecule has 0 saturated heterocycles. The summed E-state index contributed by atoms with van der Waals surface area (Å²) in [5.74, 6) is 0.370. The Hall–Kier alpha value is -1.89. The molecule has 3 N–H and O–H groups in total. The van der Waals surface area contributed by atoms with Crippen LogP contribution >= 0.6 is 0 Å². The maximum atomic E-state index is 10.5. The van der Waals surface area contributed by atoms with E-state index in [1.165, 1.54) is 12.1 Å². The van der Waals surface area contributed by atoms with E-state index in [1.807, 2.05) is 0 Å². The molecule has 0 saturated carbocycles. The van der Waals surface area contributed by atoms with Crippen LogP contribution in [0.2, 0.25) is 0 Å². The number of hydrogen-bond acceptors (Lipinski definition) is 6. The monoisotopic (exact) mass is 212 g/mol. The highest BCUT2D eigenvalue weighted by atomic mass is 16.6. The fourth-order valence-electron chi connectivity index (χ4n) is 1.09. The number of nitro groups is 1. The lowest BCUT2D eigenvalue weighted by Crippen LogP contribution is -2.22. The Morgan fingerprint density at radius 3 is 2.80 bits per heavy atom. The number of likely N-dealkylation sites (N-methyl/N-ethyl adjacent to an activating group) is 1. The molecule has 82 valence electrons. The summed E-state index contributed by atoms with van der Waals surface area (Å²) in [7, 11) is 1.71. The van der Waals surface area contributed by atoms with Crippen molar-refractivity contribution in [2.75, 3.05) is 30.8 Å². The van der Waals surface area contributed by atoms with Crippen molar-refractivity contribution >= 4 is 17.3 Å². The molecule has 0 spiro atoms. The van der Waals surface area contributed by atoms with Gasteiger partial charge in [-0.3, -0.25) is 10.1 Å². The summed E-state index contributed by atoms with van der Waals surface area (Å²) >= 11 is 0. The molecule has 15 heavy (non-hydrogen) atoms. The van der Waals surface area contributed by atoms with Crippen LogP contribution in [0.15, 0.2) is 12.1 Å². The molecule has 1 aromatic heterocycles. The molecular formula is C8H12N4O3. The lowest BCUT2D eigenvalue weighted by Gasteiger charge is -2.16. The Labute approximate surface area is 86.3 Å². The largest absolute Gasteiger partial charge is 0.395 e. The quantitative estimate of drug-likeness (QED) is 0.537. The normalized spacial score (nSPS) is 10.0. The second-order valence-corrected chi connectivity index (χ2v) is 2.98. The highest BCUT2D eigenvalue weighted by Gasteiger charge is 2.13. The minimum Gasteiger partial charge on any atom is -0.395 e. The van der Waals surface area contributed by atoms with Crippen molar-refractivity contribution in [2.24, 2.45) is 0 Å². The fourth-order valence-corrected chi connectivity index (χ4v) is 1.09. The van der Waals surface area contributed by atoms with Crippen molar-refractivity contribution in [1.29, 1.82) is 0 Å². The molecule has 7 heteroatoms. The average Bonchev–Trinajstić information content (AvgIpc) is 2.17. The van der Waals surface area contributed by atoms with E-state index < -0.39 is 4.92 Å². The molecule has 7 nitrogen and oxygen atoms in total. The van der Waals surface area contributed by atoms with E-state index in [0.29, 0.717) is 12.4 Å². The molecule has 0 atom stereocenters. The third-order valence-corrected chi connectivity index (χ3v) is 1.91. The van der Waals surface area contributed by atoms with Crippen molar-refractivity contribution in [3.8, 4) is 0 Å². The molecule has 1 aromatic rings. The number of pyridine rings is 1. The average molecular weight is 212 g/mol. The first-order chi connectivity index (χ1) is 7.06. The Morgan fingerprint density at radius 2 is 2.33 bits per heavy atom. The summed E-state index contributed by atoms with van der Waals surface area (Å²) in [5.41, 5.74) is 5.20. The maximum absolute atomic E-state index is 10.5. The summed E-state index contributed by atoms with van der Waals surface area (Å²) in [4.78, 5) is 15.4. The molecule has 0 bridgehead atoms. The highest BCUT2D eigenvalue weighted by Crippen LogP contribution is 2.21. The number of nitrogens with zero attached hydrogens (tertiary/aromatic N) is 3. The van der Waals surface area contributed by atoms with Gasteiger partial charge in [0.15, 0.2) is 0 Å². The summed E-state index contributed by atoms with van der Waals surface area (Å²) in [6, 6.07) is 2.79. The van der Waals surface area contributed by atoms with Crippen LogP contribution in [-0.4, -0.2) is 35.2 Å². The van der Waals surface area contributed by atoms with Gasteiger partial charge >= 0.3 is 5.69 Å². The van der Waals surface area contributed by atoms with Crippen LogP contribution in [0, 0.1) is 10.1 Å². The number of nitrogens with two attached hydrogens (primary N) is 1. The van der Waals surface area contributed by atoms with Gasteiger partial charge in [0.1, 0.15) is 5.82 Å². The van der Waals surface area contributed by atoms with Crippen molar-refractivity contribution < 1.29 is 10.0 Å². The predicted molar refractivity (Wildman–Crippen MR) is 55.7 cm³/mol. The minimum absolute atomic E-state index is 0.0188. The van der Waals surface area contributed by atoms with Crippen LogP contribution in [0.5, 0.6) is 0 Å². The zero-order valence-corrected chi connectivity index (χ0v) is 8.25. The predicted octanol–water partition coefficient (Wildman–Crippen LogP) is 0.000500. The standard InChI is InChI=1S/C8H12N4O3/c1-11(4-5-13)7-3-2-6(12(14)15)8(9)10-7/h2-3,13H,4-5H2,1H3,(H2,9,10). The number of hydrogen-bond donors (Lipinski definition) is 2. The summed E-state index contributed by atoms with van der Waals surface area (Å²) in [6.07, 6.45) is 0. The van der Waals surface area contributed by atoms with Crippen molar-refractivity contribution in [3.05, 3.63) is 22.2 Å². The second-order valence-electron chi connectivity index (χ2n) is 2.98. The molecule has 0 aliphatic heterocycles. The van der Waals surface area contributed by atoms with Crippen molar-refractivity contribution in [1.82, 2.24) is 4.98 Å². The second kappa shape index (κ2) is 4.56. The Kier molecular flexibility index (Phi) is 3.40. The van der Waals surface area contributed by atoms with Gasteiger partial charge in [-0.25, -0.2) is 4.98 Å². The molecule has 0 aliphatic rings. The first-order valence-electron chi connectivity index (χ1n) is 4.29. The third-order valence-electron chi connectivity index (χ3n) is 1.91. The number of aliphatic hydroxyl groups excluding tert-OH is 1. The molecule has 0 unspecified atom stereocenters. The maximum Gasteiger partial charge on any atom is 0.311 e. The minimum atomic E-state index is -0.585. The van der Waals surface area contributed by atoms with Crippen LogP contribution in [0.1, 0.15) is 0 Å². The molecule has 1 rings (SSSR count). The molecule has 1 heterocycles. The molecule has 0 radical (unpaired) electrons. The number of aromatic nitrogens is 1. The molecule has 0 aliphatic carbocycles. The van der Waals surface area contributed by atoms with Crippen molar-refractivity contribution in [2.45, 2.75) is 0 Å². The molecule has 0 amide bonds. The van der Waals surface area contributed by atoms with Crippen LogP contribution < -0.4 is 10.6 Å². The number of rotatable bonds is 4. The van der Waals surface area contributed by atoms with Crippen LogP contribution in [0.3, 0.4) is 0 Å². The fraction of sp³-hybridized carbons (Fsp3) is 0.375. The molecular weight excluding hydrogens is 200 g/mol. The Morgan fingerprint density at radius 1 is 1.67 bits per heavy atom. The first-order valence-corrected chi connectivity index (χ1v) is 4.29. The van der Waals surface area contributed by atoms with Gasteiger partial charge in [-0.15, -0.1) is 0 Å². The van der Waals surface area contributed by atoms with E-state index in [2.05, 4.69) is 4.98 Å². The topological polar surface area (TPSA) is 106 Å². The number of aliphatic hydroxyl groups is 1. The zero-order valence-electron chi connectivity index (χ0n) is 8.25. The van der Waals surface area contributed by atoms with E-state index in [9.17, 15) is 10.1 Å². The highest BCUT2D eigenvalue weighted by molar-refractivity contribution is 5.57.